The standard InChI is InChI=1S/C26H19ClN2O6/c1-34-25(32)17-9-13-20(14-10-17)35-26(33)18-7-11-19(12-8-18)28-22-21(27)23(30)29(24(22)31)15-16-5-3-2-4-6-16/h2-14,28H,15H2,1H3. The average molecular weight is 491 g/mol. The number of carbonyl (C=O) groups excluding carboxylic acids is 4. The van der Waals surface area contributed by atoms with Gasteiger partial charge >= 0.3 is 11.9 Å². The molecule has 1 N–H and O–H groups in total. The summed E-state index contributed by atoms with van der Waals surface area (Å²) in [7, 11) is 1.28. The van der Waals surface area contributed by atoms with Crippen LogP contribution in [0.1, 0.15) is 26.3 Å². The molecule has 3 aromatic rings. The fourth-order valence-electron chi connectivity index (χ4n) is 3.34. The first-order chi connectivity index (χ1) is 16.9. The van der Waals surface area contributed by atoms with Gasteiger partial charge in [-0.1, -0.05) is 41.9 Å². The van der Waals surface area contributed by atoms with Crippen molar-refractivity contribution in [3.63, 3.8) is 0 Å². The molecule has 176 valence electrons. The number of carbonyl (C=O) groups is 4. The van der Waals surface area contributed by atoms with Gasteiger partial charge in [0.05, 0.1) is 24.8 Å². The lowest BCUT2D eigenvalue weighted by Gasteiger charge is -2.15. The van der Waals surface area contributed by atoms with E-state index in [0.29, 0.717) is 11.3 Å². The minimum atomic E-state index is -0.610. The maximum absolute atomic E-state index is 12.8. The number of benzene rings is 3. The van der Waals surface area contributed by atoms with E-state index < -0.39 is 23.8 Å². The molecule has 0 aliphatic carbocycles. The molecule has 0 fully saturated rings. The lowest BCUT2D eigenvalue weighted by atomic mass is 10.2. The van der Waals surface area contributed by atoms with Crippen LogP contribution in [0, 0.1) is 0 Å². The highest BCUT2D eigenvalue weighted by Crippen LogP contribution is 2.27. The fraction of sp³-hybridized carbons (Fsp3) is 0.0769. The number of esters is 2. The third-order valence-electron chi connectivity index (χ3n) is 5.17. The topological polar surface area (TPSA) is 102 Å². The van der Waals surface area contributed by atoms with E-state index in [1.54, 1.807) is 12.1 Å². The number of amides is 2. The Hall–Kier alpha value is -4.43. The summed E-state index contributed by atoms with van der Waals surface area (Å²) in [6, 6.07) is 21.2. The zero-order valence-corrected chi connectivity index (χ0v) is 19.2. The fourth-order valence-corrected chi connectivity index (χ4v) is 3.57. The Balaban J connectivity index is 1.40. The van der Waals surface area contributed by atoms with Crippen molar-refractivity contribution < 1.29 is 28.7 Å². The highest BCUT2D eigenvalue weighted by Gasteiger charge is 2.37. The molecule has 1 heterocycles. The van der Waals surface area contributed by atoms with Gasteiger partial charge in [0, 0.05) is 5.69 Å². The molecule has 4 rings (SSSR count). The summed E-state index contributed by atoms with van der Waals surface area (Å²) in [5, 5.41) is 2.66. The lowest BCUT2D eigenvalue weighted by Crippen LogP contribution is -2.31. The van der Waals surface area contributed by atoms with Crippen molar-refractivity contribution in [1.29, 1.82) is 0 Å². The molecule has 35 heavy (non-hydrogen) atoms. The molecule has 8 nitrogen and oxygen atoms in total. The van der Waals surface area contributed by atoms with Gasteiger partial charge in [-0.05, 0) is 54.1 Å². The SMILES string of the molecule is COC(=O)c1ccc(OC(=O)c2ccc(NC3=C(Cl)C(=O)N(Cc4ccccc4)C3=O)cc2)cc1. The number of nitrogens with one attached hydrogen (secondary N) is 1. The molecule has 0 spiro atoms. The third-order valence-corrected chi connectivity index (χ3v) is 5.52. The molecule has 0 bridgehead atoms. The van der Waals surface area contributed by atoms with Crippen LogP contribution in [0.2, 0.25) is 0 Å². The zero-order valence-electron chi connectivity index (χ0n) is 18.5. The van der Waals surface area contributed by atoms with E-state index >= 15 is 0 Å². The van der Waals surface area contributed by atoms with Crippen molar-refractivity contribution in [1.82, 2.24) is 4.90 Å². The first kappa shape index (κ1) is 23.7. The van der Waals surface area contributed by atoms with E-state index in [1.165, 1.54) is 43.5 Å². The van der Waals surface area contributed by atoms with Gasteiger partial charge in [-0.25, -0.2) is 9.59 Å². The van der Waals surface area contributed by atoms with Crippen LogP contribution < -0.4 is 10.1 Å². The van der Waals surface area contributed by atoms with Crippen molar-refractivity contribution >= 4 is 41.0 Å². The summed E-state index contributed by atoms with van der Waals surface area (Å²) in [6.45, 7) is 0.102. The van der Waals surface area contributed by atoms with Gasteiger partial charge in [-0.3, -0.25) is 14.5 Å². The Morgan fingerprint density at radius 2 is 1.43 bits per heavy atom. The van der Waals surface area contributed by atoms with Gasteiger partial charge in [0.1, 0.15) is 16.5 Å². The van der Waals surface area contributed by atoms with Crippen molar-refractivity contribution in [3.8, 4) is 5.75 Å². The maximum Gasteiger partial charge on any atom is 0.343 e. The molecular formula is C26H19ClN2O6. The van der Waals surface area contributed by atoms with E-state index in [2.05, 4.69) is 10.1 Å². The third kappa shape index (κ3) is 5.23. The summed E-state index contributed by atoms with van der Waals surface area (Å²) in [5.74, 6) is -1.97. The summed E-state index contributed by atoms with van der Waals surface area (Å²) < 4.78 is 9.94. The molecule has 9 heteroatoms. The van der Waals surface area contributed by atoms with E-state index in [0.717, 1.165) is 10.5 Å². The summed E-state index contributed by atoms with van der Waals surface area (Å²) in [5.41, 5.74) is 1.81. The number of halogens is 1. The largest absolute Gasteiger partial charge is 0.465 e. The molecular weight excluding hydrogens is 472 g/mol. The van der Waals surface area contributed by atoms with Crippen LogP contribution in [0.15, 0.2) is 89.6 Å². The first-order valence-electron chi connectivity index (χ1n) is 10.4. The number of hydrogen-bond donors (Lipinski definition) is 1. The van der Waals surface area contributed by atoms with Crippen molar-refractivity contribution in [2.75, 3.05) is 12.4 Å². The van der Waals surface area contributed by atoms with Gasteiger partial charge in [0.2, 0.25) is 0 Å². The Morgan fingerprint density at radius 1 is 0.829 bits per heavy atom. The molecule has 2 amide bonds. The summed E-state index contributed by atoms with van der Waals surface area (Å²) in [6.07, 6.45) is 0. The van der Waals surface area contributed by atoms with Crippen LogP contribution in [-0.4, -0.2) is 35.8 Å². The van der Waals surface area contributed by atoms with Crippen LogP contribution in [0.3, 0.4) is 0 Å². The Labute approximate surface area is 205 Å². The number of nitrogens with zero attached hydrogens (tertiary/aromatic N) is 1. The molecule has 0 radical (unpaired) electrons. The minimum absolute atomic E-state index is 0.0337. The normalized spacial score (nSPS) is 13.1. The summed E-state index contributed by atoms with van der Waals surface area (Å²) >= 11 is 6.15. The van der Waals surface area contributed by atoms with Crippen LogP contribution in [0.5, 0.6) is 5.75 Å². The smallest absolute Gasteiger partial charge is 0.343 e. The Morgan fingerprint density at radius 3 is 2.06 bits per heavy atom. The Kier molecular flexibility index (Phi) is 6.93. The van der Waals surface area contributed by atoms with Crippen LogP contribution in [0.25, 0.3) is 0 Å². The number of methoxy groups -OCH3 is 1. The molecule has 0 saturated carbocycles. The Bertz CT molecular complexity index is 1320. The van der Waals surface area contributed by atoms with E-state index in [1.807, 2.05) is 30.3 Å². The quantitative estimate of drug-likeness (QED) is 0.302. The zero-order chi connectivity index (χ0) is 24.9. The molecule has 0 aromatic heterocycles. The molecule has 0 atom stereocenters. The number of rotatable bonds is 7. The monoisotopic (exact) mass is 490 g/mol. The minimum Gasteiger partial charge on any atom is -0.465 e. The van der Waals surface area contributed by atoms with Crippen molar-refractivity contribution in [3.05, 3.63) is 106 Å². The molecule has 3 aromatic carbocycles. The van der Waals surface area contributed by atoms with Gasteiger partial charge in [0.25, 0.3) is 11.8 Å². The highest BCUT2D eigenvalue weighted by molar-refractivity contribution is 6.48. The number of imide groups is 1. The van der Waals surface area contributed by atoms with E-state index in [-0.39, 0.29) is 28.6 Å². The first-order valence-corrected chi connectivity index (χ1v) is 10.8. The predicted octanol–water partition coefficient (Wildman–Crippen LogP) is 4.12. The second-order valence-electron chi connectivity index (χ2n) is 7.48. The van der Waals surface area contributed by atoms with Crippen LogP contribution in [-0.2, 0) is 20.9 Å². The predicted molar refractivity (Wildman–Crippen MR) is 128 cm³/mol. The summed E-state index contributed by atoms with van der Waals surface area (Å²) in [4.78, 5) is 50.3. The molecule has 1 aliphatic heterocycles. The van der Waals surface area contributed by atoms with Crippen LogP contribution in [0.4, 0.5) is 5.69 Å². The highest BCUT2D eigenvalue weighted by atomic mass is 35.5. The molecule has 0 saturated heterocycles. The van der Waals surface area contributed by atoms with E-state index in [4.69, 9.17) is 16.3 Å². The van der Waals surface area contributed by atoms with Crippen molar-refractivity contribution in [2.45, 2.75) is 6.54 Å². The maximum atomic E-state index is 12.8. The average Bonchev–Trinajstić information content (AvgIpc) is 3.08. The van der Waals surface area contributed by atoms with Gasteiger partial charge in [0.15, 0.2) is 0 Å². The van der Waals surface area contributed by atoms with Gasteiger partial charge in [-0.2, -0.15) is 0 Å². The van der Waals surface area contributed by atoms with Crippen molar-refractivity contribution in [2.24, 2.45) is 0 Å². The van der Waals surface area contributed by atoms with Gasteiger partial charge in [-0.15, -0.1) is 0 Å². The lowest BCUT2D eigenvalue weighted by molar-refractivity contribution is -0.138. The van der Waals surface area contributed by atoms with E-state index in [9.17, 15) is 19.2 Å². The molecule has 1 aliphatic rings. The number of ether oxygens (including phenoxy) is 2. The second kappa shape index (κ2) is 10.2. The van der Waals surface area contributed by atoms with Crippen LogP contribution >= 0.6 is 11.6 Å². The van der Waals surface area contributed by atoms with Gasteiger partial charge < -0.3 is 14.8 Å². The second-order valence-corrected chi connectivity index (χ2v) is 7.86. The number of hydrogen-bond acceptors (Lipinski definition) is 7. The number of anilines is 1. The molecule has 0 unspecified atom stereocenters.